The van der Waals surface area contributed by atoms with Gasteiger partial charge in [0.05, 0.1) is 5.02 Å². The van der Waals surface area contributed by atoms with Gasteiger partial charge in [-0.15, -0.1) is 5.10 Å². The van der Waals surface area contributed by atoms with E-state index in [1.54, 1.807) is 0 Å². The maximum Gasteiger partial charge on any atom is 0.255 e. The summed E-state index contributed by atoms with van der Waals surface area (Å²) in [6.45, 7) is 1.65. The predicted molar refractivity (Wildman–Crippen MR) is 85.9 cm³/mol. The summed E-state index contributed by atoms with van der Waals surface area (Å²) < 4.78 is 37.4. The molecule has 2 N–H and O–H groups in total. The summed E-state index contributed by atoms with van der Waals surface area (Å²) in [5, 5.41) is 5.68. The van der Waals surface area contributed by atoms with Gasteiger partial charge in [0, 0.05) is 26.6 Å². The second-order valence-corrected chi connectivity index (χ2v) is 7.28. The zero-order valence-corrected chi connectivity index (χ0v) is 14.8. The minimum absolute atomic E-state index is 0.0826. The van der Waals surface area contributed by atoms with Crippen molar-refractivity contribution in [3.05, 3.63) is 29.1 Å². The Hall–Kier alpha value is -1.82. The molecule has 0 spiro atoms. The molecule has 0 saturated heterocycles. The quantitative estimate of drug-likeness (QED) is 0.694. The lowest BCUT2D eigenvalue weighted by atomic mass is 10.2. The van der Waals surface area contributed by atoms with Crippen molar-refractivity contribution < 1.29 is 17.9 Å². The molecule has 0 amide bonds. The van der Waals surface area contributed by atoms with Gasteiger partial charge >= 0.3 is 0 Å². The fourth-order valence-corrected chi connectivity index (χ4v) is 3.09. The van der Waals surface area contributed by atoms with Crippen LogP contribution in [0.4, 0.5) is 5.95 Å². The first-order valence-corrected chi connectivity index (χ1v) is 8.72. The third kappa shape index (κ3) is 4.38. The summed E-state index contributed by atoms with van der Waals surface area (Å²) in [5.41, 5.74) is 0. The van der Waals surface area contributed by atoms with Crippen molar-refractivity contribution in [2.45, 2.75) is 24.9 Å². The summed E-state index contributed by atoms with van der Waals surface area (Å²) in [7, 11) is -0.995. The Bertz CT molecular complexity index is 766. The molecule has 0 aliphatic carbocycles. The van der Waals surface area contributed by atoms with Crippen LogP contribution in [0.25, 0.3) is 0 Å². The number of aromatic amines is 1. The van der Waals surface area contributed by atoms with Crippen molar-refractivity contribution in [3.8, 4) is 0 Å². The van der Waals surface area contributed by atoms with Crippen molar-refractivity contribution in [2.75, 3.05) is 18.9 Å². The number of rotatable bonds is 8. The highest BCUT2D eigenvalue weighted by molar-refractivity contribution is 7.93. The highest BCUT2D eigenvalue weighted by Gasteiger charge is 2.33. The number of hydrogen-bond acceptors (Lipinski definition) is 8. The largest absolute Gasteiger partial charge is 0.377 e. The normalized spacial score (nSPS) is 14.3. The SMILES string of the molecule is COCc1nc(NS(=O)(=O)[C@@H](C)[C@H](OC)c2ncc(Cl)cn2)n[nH]1. The monoisotopic (exact) mass is 376 g/mol. The van der Waals surface area contributed by atoms with E-state index in [0.717, 1.165) is 0 Å². The molecule has 12 heteroatoms. The summed E-state index contributed by atoms with van der Waals surface area (Å²) in [5.74, 6) is 0.516. The molecule has 0 aliphatic rings. The number of methoxy groups -OCH3 is 2. The molecule has 0 bridgehead atoms. The number of anilines is 1. The Labute approximate surface area is 144 Å². The van der Waals surface area contributed by atoms with Crippen LogP contribution in [0, 0.1) is 0 Å². The first kappa shape index (κ1) is 18.5. The smallest absolute Gasteiger partial charge is 0.255 e. The van der Waals surface area contributed by atoms with Crippen LogP contribution in [-0.4, -0.2) is 53.0 Å². The fraction of sp³-hybridized carbons (Fsp3) is 0.500. The van der Waals surface area contributed by atoms with Crippen LogP contribution >= 0.6 is 11.6 Å². The summed E-state index contributed by atoms with van der Waals surface area (Å²) in [4.78, 5) is 12.0. The molecule has 2 rings (SSSR count). The van der Waals surface area contributed by atoms with Crippen LogP contribution in [0.3, 0.4) is 0 Å². The first-order chi connectivity index (χ1) is 11.4. The lowest BCUT2D eigenvalue weighted by Crippen LogP contribution is -2.33. The van der Waals surface area contributed by atoms with Gasteiger partial charge in [0.15, 0.2) is 11.6 Å². The third-order valence-electron chi connectivity index (χ3n) is 3.11. The third-order valence-corrected chi connectivity index (χ3v) is 5.00. The first-order valence-electron chi connectivity index (χ1n) is 6.79. The molecule has 132 valence electrons. The Kier molecular flexibility index (Phi) is 6.04. The van der Waals surface area contributed by atoms with Gasteiger partial charge in [0.1, 0.15) is 18.0 Å². The van der Waals surface area contributed by atoms with E-state index in [9.17, 15) is 8.42 Å². The standard InChI is InChI=1S/C12H17ClN6O4S/c1-7(10(23-3)11-14-4-8(13)5-15-11)24(20,21)19-12-16-9(6-22-2)17-18-12/h4-5,7,10H,6H2,1-3H3,(H2,16,17,18,19)/t7-,10-/m0/s1. The molecule has 24 heavy (non-hydrogen) atoms. The van der Waals surface area contributed by atoms with Crippen molar-refractivity contribution in [2.24, 2.45) is 0 Å². The number of halogens is 1. The number of aromatic nitrogens is 5. The number of H-pyrrole nitrogens is 1. The summed E-state index contributed by atoms with van der Waals surface area (Å²) in [6, 6.07) is 0. The van der Waals surface area contributed by atoms with Crippen molar-refractivity contribution in [1.82, 2.24) is 25.1 Å². The van der Waals surface area contributed by atoms with E-state index in [1.165, 1.54) is 33.5 Å². The van der Waals surface area contributed by atoms with Gasteiger partial charge < -0.3 is 9.47 Å². The minimum atomic E-state index is -3.86. The van der Waals surface area contributed by atoms with Gasteiger partial charge in [0.2, 0.25) is 10.0 Å². The number of nitrogens with one attached hydrogen (secondary N) is 2. The molecule has 10 nitrogen and oxygen atoms in total. The maximum atomic E-state index is 12.5. The molecule has 0 saturated carbocycles. The number of hydrogen-bond donors (Lipinski definition) is 2. The second kappa shape index (κ2) is 7.83. The van der Waals surface area contributed by atoms with Gasteiger partial charge in [-0.1, -0.05) is 11.6 Å². The molecule has 2 aromatic heterocycles. The van der Waals surface area contributed by atoms with Crippen LogP contribution in [0.2, 0.25) is 5.02 Å². The Balaban J connectivity index is 2.17. The van der Waals surface area contributed by atoms with Crippen molar-refractivity contribution >= 4 is 27.6 Å². The molecule has 0 fully saturated rings. The van der Waals surface area contributed by atoms with Crippen LogP contribution in [0.15, 0.2) is 12.4 Å². The topological polar surface area (TPSA) is 132 Å². The Morgan fingerprint density at radius 3 is 2.58 bits per heavy atom. The molecule has 0 unspecified atom stereocenters. The summed E-state index contributed by atoms with van der Waals surface area (Å²) in [6.07, 6.45) is 1.85. The van der Waals surface area contributed by atoms with E-state index in [2.05, 4.69) is 29.9 Å². The van der Waals surface area contributed by atoms with Gasteiger partial charge in [-0.2, -0.15) is 4.98 Å². The zero-order valence-electron chi connectivity index (χ0n) is 13.2. The van der Waals surface area contributed by atoms with E-state index < -0.39 is 21.4 Å². The molecular formula is C12H17ClN6O4S. The zero-order chi connectivity index (χ0) is 17.7. The minimum Gasteiger partial charge on any atom is -0.377 e. The molecule has 2 aromatic rings. The second-order valence-electron chi connectivity index (χ2n) is 4.81. The van der Waals surface area contributed by atoms with E-state index in [4.69, 9.17) is 21.1 Å². The molecule has 0 radical (unpaired) electrons. The predicted octanol–water partition coefficient (Wildman–Crippen LogP) is 0.912. The highest BCUT2D eigenvalue weighted by atomic mass is 35.5. The van der Waals surface area contributed by atoms with E-state index in [1.807, 2.05) is 0 Å². The van der Waals surface area contributed by atoms with Gasteiger partial charge in [-0.25, -0.2) is 23.1 Å². The molecule has 0 aromatic carbocycles. The lowest BCUT2D eigenvalue weighted by Gasteiger charge is -2.21. The highest BCUT2D eigenvalue weighted by Crippen LogP contribution is 2.24. The number of nitrogens with zero attached hydrogens (tertiary/aromatic N) is 4. The van der Waals surface area contributed by atoms with E-state index in [0.29, 0.717) is 10.8 Å². The average Bonchev–Trinajstić information content (AvgIpc) is 2.96. The number of ether oxygens (including phenoxy) is 2. The lowest BCUT2D eigenvalue weighted by molar-refractivity contribution is 0.0950. The summed E-state index contributed by atoms with van der Waals surface area (Å²) >= 11 is 5.74. The van der Waals surface area contributed by atoms with Crippen LogP contribution in [0.1, 0.15) is 24.7 Å². The molecule has 0 aliphatic heterocycles. The fourth-order valence-electron chi connectivity index (χ4n) is 1.90. The molecular weight excluding hydrogens is 360 g/mol. The van der Waals surface area contributed by atoms with E-state index in [-0.39, 0.29) is 18.4 Å². The van der Waals surface area contributed by atoms with E-state index >= 15 is 0 Å². The van der Waals surface area contributed by atoms with Crippen LogP contribution < -0.4 is 4.72 Å². The van der Waals surface area contributed by atoms with Crippen LogP contribution in [0.5, 0.6) is 0 Å². The Morgan fingerprint density at radius 2 is 2.00 bits per heavy atom. The van der Waals surface area contributed by atoms with Gasteiger partial charge in [-0.3, -0.25) is 5.10 Å². The average molecular weight is 377 g/mol. The van der Waals surface area contributed by atoms with Gasteiger partial charge in [0.25, 0.3) is 5.95 Å². The van der Waals surface area contributed by atoms with Crippen LogP contribution in [-0.2, 0) is 26.1 Å². The number of sulfonamides is 1. The molecule has 2 atom stereocenters. The van der Waals surface area contributed by atoms with Crippen molar-refractivity contribution in [3.63, 3.8) is 0 Å². The van der Waals surface area contributed by atoms with Gasteiger partial charge in [-0.05, 0) is 6.92 Å². The molecule has 2 heterocycles. The van der Waals surface area contributed by atoms with Crippen molar-refractivity contribution in [1.29, 1.82) is 0 Å². The Morgan fingerprint density at radius 1 is 1.33 bits per heavy atom. The maximum absolute atomic E-state index is 12.5.